The molecule has 0 amide bonds. The smallest absolute Gasteiger partial charge is 0.338 e. The van der Waals surface area contributed by atoms with Crippen LogP contribution in [0, 0.1) is 6.92 Å². The number of carbonyl (C=O) groups excluding carboxylic acids is 4. The van der Waals surface area contributed by atoms with Gasteiger partial charge in [-0.05, 0) is 118 Å². The highest BCUT2D eigenvalue weighted by molar-refractivity contribution is 6.03. The van der Waals surface area contributed by atoms with Crippen LogP contribution in [0.5, 0.6) is 17.8 Å². The number of carbonyl (C=O) groups is 4. The molecule has 8 unspecified atom stereocenters. The number of esters is 2. The van der Waals surface area contributed by atoms with Gasteiger partial charge in [-0.25, -0.2) is 14.4 Å². The number of rotatable bonds is 36. The number of Topliss-reactive ketones (excluding diaryl/α,β-unsaturated/α-hetero) is 2. The molecule has 8 atom stereocenters. The van der Waals surface area contributed by atoms with E-state index in [-0.39, 0.29) is 104 Å². The summed E-state index contributed by atoms with van der Waals surface area (Å²) < 4.78 is 77.0. The van der Waals surface area contributed by atoms with E-state index in [1.54, 1.807) is 109 Å². The number of aryl methyl sites for hydroxylation is 1. The molecular formula is C87H87N5O20. The van der Waals surface area contributed by atoms with E-state index in [1.165, 1.54) is 21.3 Å². The number of allylic oxidation sites excluding steroid dienone is 2. The third kappa shape index (κ3) is 24.5. The van der Waals surface area contributed by atoms with Crippen LogP contribution < -0.4 is 25.5 Å². The Morgan fingerprint density at radius 1 is 0.464 bits per heavy atom. The molecule has 8 fully saturated rings. The van der Waals surface area contributed by atoms with Gasteiger partial charge in [-0.15, -0.1) is 4.98 Å². The molecule has 112 heavy (non-hydrogen) atoms. The molecule has 0 N–H and O–H groups in total. The maximum atomic E-state index is 13.0. The van der Waals surface area contributed by atoms with Gasteiger partial charge >= 0.3 is 29.6 Å². The van der Waals surface area contributed by atoms with Gasteiger partial charge in [0.15, 0.2) is 17.4 Å². The van der Waals surface area contributed by atoms with Crippen LogP contribution >= 0.6 is 0 Å². The number of unbranched alkanes of at least 4 members (excludes halogenated alkanes) is 1. The zero-order chi connectivity index (χ0) is 77.1. The Balaban J connectivity index is 0.000000127. The lowest BCUT2D eigenvalue weighted by Crippen LogP contribution is -2.41. The highest BCUT2D eigenvalue weighted by Crippen LogP contribution is 2.33. The third-order valence-electron chi connectivity index (χ3n) is 18.8. The predicted octanol–water partition coefficient (Wildman–Crippen LogP) is 11.0. The fourth-order valence-electron chi connectivity index (χ4n) is 11.5. The van der Waals surface area contributed by atoms with E-state index in [0.717, 1.165) is 105 Å². The van der Waals surface area contributed by atoms with E-state index < -0.39 is 11.9 Å². The van der Waals surface area contributed by atoms with Crippen LogP contribution in [-0.2, 0) is 84.6 Å². The first-order chi connectivity index (χ1) is 54.7. The van der Waals surface area contributed by atoms with Crippen molar-refractivity contribution in [3.8, 4) is 17.8 Å². The van der Waals surface area contributed by atoms with Crippen molar-refractivity contribution in [2.45, 2.75) is 101 Å². The SMILES string of the molecule is C=C/C=C\c1nc(OCC2CO2)nc(OCC2CO2)n1.Cc1cn(Cc2ccc(C3CO3)cc2)c(=O)n(Cc2ccc(C3CO3)cc2)c1=O.O=C(Cc1ccc(C(=O)OCC2CO2)cc1)c1cccc(C(=O)Cc2ccc(C(=O)OCC3CO3)cc2)c1.c1cc(C2CO2)ccc1COCCCCOc1ccc(C2CO2)cc1. The molecule has 10 heterocycles. The average Bonchev–Trinajstić information content (AvgIpc) is 1.74. The van der Waals surface area contributed by atoms with Crippen LogP contribution in [0.25, 0.3) is 6.08 Å². The minimum atomic E-state index is -0.428. The molecule has 0 bridgehead atoms. The minimum absolute atomic E-state index is 0.00218. The van der Waals surface area contributed by atoms with E-state index in [1.807, 2.05) is 60.7 Å². The Labute approximate surface area is 646 Å². The van der Waals surface area contributed by atoms with Crippen LogP contribution in [0.2, 0.25) is 0 Å². The van der Waals surface area contributed by atoms with Crippen molar-refractivity contribution >= 4 is 29.6 Å². The normalized spacial score (nSPS) is 20.0. The van der Waals surface area contributed by atoms with Gasteiger partial charge in [-0.3, -0.25) is 23.5 Å². The Morgan fingerprint density at radius 2 is 0.875 bits per heavy atom. The first kappa shape index (κ1) is 77.7. The average molecular weight is 1520 g/mol. The summed E-state index contributed by atoms with van der Waals surface area (Å²) in [6, 6.07) is 53.2. The summed E-state index contributed by atoms with van der Waals surface area (Å²) >= 11 is 0. The number of hydrogen-bond donors (Lipinski definition) is 0. The Bertz CT molecular complexity index is 4650. The van der Waals surface area contributed by atoms with Crippen LogP contribution in [0.15, 0.2) is 204 Å². The summed E-state index contributed by atoms with van der Waals surface area (Å²) in [5.74, 6) is 0.245. The monoisotopic (exact) mass is 1520 g/mol. The fourth-order valence-corrected chi connectivity index (χ4v) is 11.5. The van der Waals surface area contributed by atoms with Crippen molar-refractivity contribution in [2.75, 3.05) is 92.5 Å². The molecule has 2 aromatic heterocycles. The number of aromatic nitrogens is 5. The van der Waals surface area contributed by atoms with E-state index in [2.05, 4.69) is 57.9 Å². The predicted molar refractivity (Wildman–Crippen MR) is 408 cm³/mol. The largest absolute Gasteiger partial charge is 0.494 e. The molecule has 8 aliphatic rings. The molecular weight excluding hydrogens is 1430 g/mol. The summed E-state index contributed by atoms with van der Waals surface area (Å²) in [4.78, 5) is 88.0. The number of hydrogen-bond acceptors (Lipinski definition) is 23. The van der Waals surface area contributed by atoms with Crippen LogP contribution in [0.1, 0.15) is 140 Å². The van der Waals surface area contributed by atoms with Crippen molar-refractivity contribution in [2.24, 2.45) is 0 Å². The zero-order valence-electron chi connectivity index (χ0n) is 62.1. The minimum Gasteiger partial charge on any atom is -0.494 e. The standard InChI is InChI=1S/C30H26O8.C23H22N2O4.C21H24O4.C13H15N3O4/c31-27(12-19-4-8-21(9-5-19)29(33)37-17-25-15-35-25)23-2-1-3-24(14-23)28(32)13-20-6-10-22(11-7-20)30(34)38-18-26-16-36-26;1-15-10-24(11-16-2-6-18(7-3-16)20-13-28-20)23(27)25(22(15)26)12-17-4-8-19(9-5-17)21-14-29-21;1(2-12-23-19-9-7-18(8-10-19)21-15-25-21)11-22-13-16-3-5-17(6-4-16)20-14-24-20;1-2-3-4-11-14-12(19-7-9-5-17-9)16-13(15-11)20-8-10-6-18-10/h1-11,14,25-26H,12-13,15-18H2;2-10,20-21H,11-14H2,1H3;3-10,20-21H,1-2,11-15H2;2-4,9-10H,1,5-8H2/b;;;4-3-. The second kappa shape index (κ2) is 37.8. The van der Waals surface area contributed by atoms with Gasteiger partial charge in [0.05, 0.1) is 90.3 Å². The maximum Gasteiger partial charge on any atom is 0.338 e. The van der Waals surface area contributed by atoms with Crippen molar-refractivity contribution in [3.63, 3.8) is 0 Å². The Hall–Kier alpha value is -11.0. The molecule has 0 saturated carbocycles. The van der Waals surface area contributed by atoms with E-state index in [9.17, 15) is 28.8 Å². The van der Waals surface area contributed by atoms with Crippen molar-refractivity contribution in [3.05, 3.63) is 299 Å². The summed E-state index contributed by atoms with van der Waals surface area (Å²) in [5, 5.41) is 0. The topological polar surface area (TPSA) is 307 Å². The fraction of sp³-hybridized carbons (Fsp3) is 0.345. The van der Waals surface area contributed by atoms with Gasteiger partial charge in [-0.2, -0.15) is 9.97 Å². The van der Waals surface area contributed by atoms with Gasteiger partial charge in [0.25, 0.3) is 5.56 Å². The second-order valence-electron chi connectivity index (χ2n) is 28.0. The molecule has 0 radical (unpaired) electrons. The van der Waals surface area contributed by atoms with Crippen LogP contribution in [0.3, 0.4) is 0 Å². The molecule has 0 spiro atoms. The molecule has 7 aromatic carbocycles. The summed E-state index contributed by atoms with van der Waals surface area (Å²) in [5.41, 5.74) is 11.1. The number of benzene rings is 7. The van der Waals surface area contributed by atoms with Gasteiger partial charge < -0.3 is 66.3 Å². The maximum absolute atomic E-state index is 13.0. The second-order valence-corrected chi connectivity index (χ2v) is 28.0. The van der Waals surface area contributed by atoms with Crippen LogP contribution in [-0.4, -0.2) is 165 Å². The van der Waals surface area contributed by atoms with Gasteiger partial charge in [-0.1, -0.05) is 146 Å². The molecule has 9 aromatic rings. The molecule has 25 nitrogen and oxygen atoms in total. The lowest BCUT2D eigenvalue weighted by atomic mass is 9.97. The van der Waals surface area contributed by atoms with Crippen LogP contribution in [0.4, 0.5) is 0 Å². The third-order valence-corrected chi connectivity index (χ3v) is 18.8. The summed E-state index contributed by atoms with van der Waals surface area (Å²) in [6.45, 7) is 15.4. The van der Waals surface area contributed by atoms with E-state index in [0.29, 0.717) is 85.4 Å². The number of nitrogens with zero attached hydrogens (tertiary/aromatic N) is 5. The molecule has 17 rings (SSSR count). The molecule has 8 saturated heterocycles. The Kier molecular flexibility index (Phi) is 26.3. The number of ether oxygens (including phenoxy) is 14. The lowest BCUT2D eigenvalue weighted by molar-refractivity contribution is 0.0468. The molecule has 580 valence electrons. The summed E-state index contributed by atoms with van der Waals surface area (Å²) in [6.07, 6.45) is 10.3. The van der Waals surface area contributed by atoms with Crippen molar-refractivity contribution in [1.29, 1.82) is 0 Å². The lowest BCUT2D eigenvalue weighted by Gasteiger charge is -2.12. The van der Waals surface area contributed by atoms with Crippen molar-refractivity contribution in [1.82, 2.24) is 24.1 Å². The summed E-state index contributed by atoms with van der Waals surface area (Å²) in [7, 11) is 0. The quantitative estimate of drug-likeness (QED) is 0.0116. The molecule has 8 aliphatic heterocycles. The first-order valence-corrected chi connectivity index (χ1v) is 37.5. The number of epoxide rings is 8. The molecule has 25 heteroatoms. The number of ketones is 2. The first-order valence-electron chi connectivity index (χ1n) is 37.5. The van der Waals surface area contributed by atoms with Crippen molar-refractivity contribution < 1.29 is 85.5 Å². The van der Waals surface area contributed by atoms with Gasteiger partial charge in [0.2, 0.25) is 0 Å². The van der Waals surface area contributed by atoms with Gasteiger partial charge in [0, 0.05) is 42.3 Å². The van der Waals surface area contributed by atoms with E-state index >= 15 is 0 Å². The van der Waals surface area contributed by atoms with Gasteiger partial charge in [0.1, 0.15) is 81.0 Å². The highest BCUT2D eigenvalue weighted by Gasteiger charge is 2.30. The highest BCUT2D eigenvalue weighted by atomic mass is 16.6. The Morgan fingerprint density at radius 3 is 1.31 bits per heavy atom. The van der Waals surface area contributed by atoms with E-state index in [4.69, 9.17) is 66.3 Å². The zero-order valence-corrected chi connectivity index (χ0v) is 62.1. The molecule has 0 aliphatic carbocycles.